The van der Waals surface area contributed by atoms with E-state index in [0.717, 1.165) is 22.4 Å². The number of allylic oxidation sites excluding steroid dienone is 1. The van der Waals surface area contributed by atoms with Gasteiger partial charge in [-0.3, -0.25) is 4.79 Å². The Hall–Kier alpha value is -3.86. The molecule has 2 heterocycles. The van der Waals surface area contributed by atoms with Gasteiger partial charge in [0.05, 0.1) is 5.56 Å². The van der Waals surface area contributed by atoms with Gasteiger partial charge < -0.3 is 14.2 Å². The lowest BCUT2D eigenvalue weighted by molar-refractivity contribution is 0.101. The fraction of sp³-hybridized carbons (Fsp3) is 0.115. The molecule has 2 aliphatic rings. The van der Waals surface area contributed by atoms with E-state index in [-0.39, 0.29) is 30.1 Å². The first-order chi connectivity index (χ1) is 15.1. The van der Waals surface area contributed by atoms with Crippen LogP contribution < -0.4 is 14.2 Å². The Kier molecular flexibility index (Phi) is 4.79. The zero-order chi connectivity index (χ0) is 21.4. The molecule has 0 saturated carbocycles. The highest BCUT2D eigenvalue weighted by Crippen LogP contribution is 2.36. The van der Waals surface area contributed by atoms with Gasteiger partial charge in [0.25, 0.3) is 0 Å². The molecular formula is C26H19FO4. The molecule has 0 bridgehead atoms. The van der Waals surface area contributed by atoms with E-state index in [0.29, 0.717) is 17.1 Å². The van der Waals surface area contributed by atoms with Gasteiger partial charge in [0.1, 0.15) is 35.8 Å². The lowest BCUT2D eigenvalue weighted by Gasteiger charge is -2.22. The van der Waals surface area contributed by atoms with Crippen LogP contribution in [-0.4, -0.2) is 11.9 Å². The van der Waals surface area contributed by atoms with Gasteiger partial charge in [-0.25, -0.2) is 4.39 Å². The maximum absolute atomic E-state index is 13.0. The second-order valence-electron chi connectivity index (χ2n) is 7.46. The minimum atomic E-state index is -0.288. The number of Topliss-reactive ketones (excluding diaryl/α,β-unsaturated/α-hetero) is 1. The van der Waals surface area contributed by atoms with Crippen molar-refractivity contribution in [1.29, 1.82) is 0 Å². The summed E-state index contributed by atoms with van der Waals surface area (Å²) >= 11 is 0. The van der Waals surface area contributed by atoms with Crippen molar-refractivity contribution in [2.45, 2.75) is 19.6 Å². The molecule has 3 aromatic carbocycles. The van der Waals surface area contributed by atoms with Crippen molar-refractivity contribution in [1.82, 2.24) is 0 Å². The Bertz CT molecular complexity index is 1220. The van der Waals surface area contributed by atoms with Crippen LogP contribution in [0, 0.1) is 5.82 Å². The standard InChI is InChI=1S/C26H19FO4/c1-16-19(12-18-4-2-3-5-23(18)30-16)13-25-26(28)22-11-10-21(14-24(22)31-25)29-15-17-6-8-20(27)9-7-17/h2-14,16H,15H2,1H3/b25-13+/t16-/m0/s1. The normalized spacial score (nSPS) is 18.0. The molecule has 154 valence electrons. The van der Waals surface area contributed by atoms with Gasteiger partial charge in [0, 0.05) is 11.6 Å². The number of rotatable bonds is 4. The molecule has 5 heteroatoms. The molecule has 0 aromatic heterocycles. The minimum Gasteiger partial charge on any atom is -0.489 e. The predicted molar refractivity (Wildman–Crippen MR) is 115 cm³/mol. The fourth-order valence-corrected chi connectivity index (χ4v) is 3.58. The van der Waals surface area contributed by atoms with Crippen molar-refractivity contribution in [2.75, 3.05) is 0 Å². The summed E-state index contributed by atoms with van der Waals surface area (Å²) in [7, 11) is 0. The Morgan fingerprint density at radius 3 is 2.68 bits per heavy atom. The monoisotopic (exact) mass is 414 g/mol. The van der Waals surface area contributed by atoms with Gasteiger partial charge >= 0.3 is 0 Å². The number of ether oxygens (including phenoxy) is 3. The molecular weight excluding hydrogens is 395 g/mol. The second kappa shape index (κ2) is 7.76. The molecule has 1 atom stereocenters. The van der Waals surface area contributed by atoms with Gasteiger partial charge in [-0.15, -0.1) is 0 Å². The summed E-state index contributed by atoms with van der Waals surface area (Å²) in [6.07, 6.45) is 3.55. The largest absolute Gasteiger partial charge is 0.489 e. The van der Waals surface area contributed by atoms with E-state index in [2.05, 4.69) is 0 Å². The number of fused-ring (bicyclic) bond motifs is 2. The third-order valence-corrected chi connectivity index (χ3v) is 5.27. The maximum atomic E-state index is 13.0. The van der Waals surface area contributed by atoms with Crippen LogP contribution in [0.1, 0.15) is 28.4 Å². The molecule has 0 amide bonds. The molecule has 5 rings (SSSR count). The van der Waals surface area contributed by atoms with Crippen molar-refractivity contribution >= 4 is 11.9 Å². The summed E-state index contributed by atoms with van der Waals surface area (Å²) in [5.41, 5.74) is 3.17. The van der Waals surface area contributed by atoms with E-state index in [4.69, 9.17) is 14.2 Å². The van der Waals surface area contributed by atoms with E-state index >= 15 is 0 Å². The first-order valence-electron chi connectivity index (χ1n) is 10.00. The Morgan fingerprint density at radius 1 is 1.03 bits per heavy atom. The molecule has 0 saturated heterocycles. The SMILES string of the molecule is C[C@@H]1Oc2ccccc2C=C1/C=C1/Oc2cc(OCc3ccc(F)cc3)ccc2C1=O. The van der Waals surface area contributed by atoms with Crippen LogP contribution in [0.2, 0.25) is 0 Å². The van der Waals surface area contributed by atoms with Crippen molar-refractivity contribution in [3.8, 4) is 17.2 Å². The summed E-state index contributed by atoms with van der Waals surface area (Å²) < 4.78 is 30.6. The number of para-hydroxylation sites is 1. The van der Waals surface area contributed by atoms with Crippen LogP contribution >= 0.6 is 0 Å². The van der Waals surface area contributed by atoms with Crippen molar-refractivity contribution in [3.05, 3.63) is 107 Å². The summed E-state index contributed by atoms with van der Waals surface area (Å²) in [6.45, 7) is 2.23. The average Bonchev–Trinajstić information content (AvgIpc) is 3.08. The molecule has 2 aliphatic heterocycles. The molecule has 0 aliphatic carbocycles. The van der Waals surface area contributed by atoms with Gasteiger partial charge in [0.15, 0.2) is 5.76 Å². The zero-order valence-corrected chi connectivity index (χ0v) is 16.8. The van der Waals surface area contributed by atoms with Gasteiger partial charge in [-0.2, -0.15) is 0 Å². The summed E-state index contributed by atoms with van der Waals surface area (Å²) in [4.78, 5) is 12.8. The van der Waals surface area contributed by atoms with E-state index in [1.165, 1.54) is 12.1 Å². The fourth-order valence-electron chi connectivity index (χ4n) is 3.58. The maximum Gasteiger partial charge on any atom is 0.231 e. The zero-order valence-electron chi connectivity index (χ0n) is 16.8. The van der Waals surface area contributed by atoms with E-state index < -0.39 is 0 Å². The number of halogens is 1. The molecule has 0 N–H and O–H groups in total. The van der Waals surface area contributed by atoms with E-state index in [1.807, 2.05) is 37.3 Å². The van der Waals surface area contributed by atoms with Crippen molar-refractivity contribution < 1.29 is 23.4 Å². The number of hydrogen-bond acceptors (Lipinski definition) is 4. The van der Waals surface area contributed by atoms with Crippen LogP contribution in [0.25, 0.3) is 6.08 Å². The van der Waals surface area contributed by atoms with Gasteiger partial charge in [-0.05, 0) is 60.5 Å². The van der Waals surface area contributed by atoms with Crippen LogP contribution in [0.3, 0.4) is 0 Å². The first-order valence-corrected chi connectivity index (χ1v) is 10.00. The Balaban J connectivity index is 1.35. The highest BCUT2D eigenvalue weighted by Gasteiger charge is 2.29. The van der Waals surface area contributed by atoms with Crippen molar-refractivity contribution in [3.63, 3.8) is 0 Å². The van der Waals surface area contributed by atoms with E-state index in [1.54, 1.807) is 36.4 Å². The smallest absolute Gasteiger partial charge is 0.231 e. The summed E-state index contributed by atoms with van der Waals surface area (Å²) in [5, 5.41) is 0. The number of carbonyl (C=O) groups excluding carboxylic acids is 1. The number of benzene rings is 3. The third kappa shape index (κ3) is 3.82. The average molecular weight is 414 g/mol. The second-order valence-corrected chi connectivity index (χ2v) is 7.46. The Labute approximate surface area is 179 Å². The lowest BCUT2D eigenvalue weighted by atomic mass is 10.0. The highest BCUT2D eigenvalue weighted by molar-refractivity contribution is 6.12. The minimum absolute atomic E-state index is 0.174. The molecule has 0 radical (unpaired) electrons. The number of ketones is 1. The summed E-state index contributed by atoms with van der Waals surface area (Å²) in [6, 6.07) is 19.0. The van der Waals surface area contributed by atoms with Gasteiger partial charge in [-0.1, -0.05) is 30.3 Å². The number of carbonyl (C=O) groups is 1. The molecule has 3 aromatic rings. The molecule has 0 unspecified atom stereocenters. The number of hydrogen-bond donors (Lipinski definition) is 0. The molecule has 4 nitrogen and oxygen atoms in total. The van der Waals surface area contributed by atoms with Crippen LogP contribution in [0.4, 0.5) is 4.39 Å². The quantitative estimate of drug-likeness (QED) is 0.512. The predicted octanol–water partition coefficient (Wildman–Crippen LogP) is 5.73. The first kappa shape index (κ1) is 19.1. The summed E-state index contributed by atoms with van der Waals surface area (Å²) in [5.74, 6) is 1.64. The van der Waals surface area contributed by atoms with Crippen LogP contribution in [-0.2, 0) is 6.61 Å². The molecule has 0 fully saturated rings. The van der Waals surface area contributed by atoms with Crippen molar-refractivity contribution in [2.24, 2.45) is 0 Å². The molecule has 0 spiro atoms. The topological polar surface area (TPSA) is 44.8 Å². The third-order valence-electron chi connectivity index (χ3n) is 5.27. The highest BCUT2D eigenvalue weighted by atomic mass is 19.1. The van der Waals surface area contributed by atoms with E-state index in [9.17, 15) is 9.18 Å². The molecule has 31 heavy (non-hydrogen) atoms. The Morgan fingerprint density at radius 2 is 1.84 bits per heavy atom. The van der Waals surface area contributed by atoms with Gasteiger partial charge in [0.2, 0.25) is 5.78 Å². The van der Waals surface area contributed by atoms with Crippen LogP contribution in [0.5, 0.6) is 17.2 Å². The lowest BCUT2D eigenvalue weighted by Crippen LogP contribution is -2.18. The van der Waals surface area contributed by atoms with Crippen LogP contribution in [0.15, 0.2) is 84.1 Å².